The van der Waals surface area contributed by atoms with E-state index in [1.54, 1.807) is 0 Å². The Morgan fingerprint density at radius 3 is 2.60 bits per heavy atom. The quantitative estimate of drug-likeness (QED) is 0.478. The summed E-state index contributed by atoms with van der Waals surface area (Å²) in [6.45, 7) is 1.66. The maximum atomic E-state index is 12.3. The lowest BCUT2D eigenvalue weighted by Gasteiger charge is -2.10. The number of nitrogens with zero attached hydrogens (tertiary/aromatic N) is 3. The van der Waals surface area contributed by atoms with Crippen molar-refractivity contribution in [3.8, 4) is 0 Å². The van der Waals surface area contributed by atoms with Crippen LogP contribution in [0, 0.1) is 6.92 Å². The number of nitrogen functional groups attached to an aromatic ring is 1. The summed E-state index contributed by atoms with van der Waals surface area (Å²) in [5, 5.41) is 3.05. The first-order valence-corrected chi connectivity index (χ1v) is 10.3. The van der Waals surface area contributed by atoms with E-state index >= 15 is 0 Å². The molecule has 0 saturated heterocycles. The van der Waals surface area contributed by atoms with Gasteiger partial charge in [0.2, 0.25) is 21.9 Å². The average molecular weight is 428 g/mol. The third-order valence-corrected chi connectivity index (χ3v) is 5.48. The minimum Gasteiger partial charge on any atom is -0.454 e. The lowest BCUT2D eigenvalue weighted by atomic mass is 10.2. The van der Waals surface area contributed by atoms with Gasteiger partial charge in [0.25, 0.3) is 0 Å². The fourth-order valence-corrected chi connectivity index (χ4v) is 3.29. The molecule has 1 heterocycles. The van der Waals surface area contributed by atoms with Crippen molar-refractivity contribution in [2.45, 2.75) is 18.4 Å². The minimum absolute atomic E-state index is 0.0331. The van der Waals surface area contributed by atoms with Crippen molar-refractivity contribution < 1.29 is 17.9 Å². The van der Waals surface area contributed by atoms with Crippen LogP contribution in [0.5, 0.6) is 0 Å². The molecular formula is C19H20N6O4S. The molecule has 30 heavy (non-hydrogen) atoms. The van der Waals surface area contributed by atoms with Crippen LogP contribution in [0.4, 0.5) is 17.6 Å². The van der Waals surface area contributed by atoms with Gasteiger partial charge in [0.05, 0.1) is 10.5 Å². The van der Waals surface area contributed by atoms with E-state index in [-0.39, 0.29) is 34.8 Å². The number of hydrogen-bond donors (Lipinski definition) is 3. The lowest BCUT2D eigenvalue weighted by molar-refractivity contribution is 0.0462. The molecule has 4 N–H and O–H groups in total. The van der Waals surface area contributed by atoms with Crippen LogP contribution in [0.1, 0.15) is 21.7 Å². The zero-order chi connectivity index (χ0) is 21.7. The van der Waals surface area contributed by atoms with Crippen LogP contribution >= 0.6 is 0 Å². The van der Waals surface area contributed by atoms with Crippen molar-refractivity contribution in [3.05, 3.63) is 65.5 Å². The molecule has 3 aromatic rings. The van der Waals surface area contributed by atoms with E-state index in [4.69, 9.17) is 10.5 Å². The normalized spacial score (nSPS) is 11.1. The third-order valence-electron chi connectivity index (χ3n) is 4.07. The van der Waals surface area contributed by atoms with Gasteiger partial charge in [-0.3, -0.25) is 0 Å². The molecule has 0 aliphatic heterocycles. The van der Waals surface area contributed by atoms with E-state index < -0.39 is 16.0 Å². The largest absolute Gasteiger partial charge is 0.454 e. The van der Waals surface area contributed by atoms with E-state index in [0.29, 0.717) is 0 Å². The van der Waals surface area contributed by atoms with Crippen molar-refractivity contribution in [2.75, 3.05) is 18.1 Å². The zero-order valence-corrected chi connectivity index (χ0v) is 17.1. The molecule has 0 atom stereocenters. The topological polar surface area (TPSA) is 149 Å². The second kappa shape index (κ2) is 8.84. The molecule has 0 spiro atoms. The van der Waals surface area contributed by atoms with Gasteiger partial charge in [-0.2, -0.15) is 15.0 Å². The predicted octanol–water partition coefficient (Wildman–Crippen LogP) is 1.77. The number of nitrogens with one attached hydrogen (secondary N) is 2. The maximum Gasteiger partial charge on any atom is 0.338 e. The Bertz CT molecular complexity index is 1180. The van der Waals surface area contributed by atoms with Crippen LogP contribution in [0.25, 0.3) is 0 Å². The molecule has 156 valence electrons. The second-order valence-electron chi connectivity index (χ2n) is 6.18. The first-order chi connectivity index (χ1) is 14.3. The summed E-state index contributed by atoms with van der Waals surface area (Å²) < 4.78 is 31.2. The van der Waals surface area contributed by atoms with Crippen molar-refractivity contribution in [2.24, 2.45) is 0 Å². The number of esters is 1. The summed E-state index contributed by atoms with van der Waals surface area (Å²) in [5.41, 5.74) is 7.60. The fourth-order valence-electron chi connectivity index (χ4n) is 2.51. The highest BCUT2D eigenvalue weighted by atomic mass is 32.2. The number of carbonyl (C=O) groups excluding carboxylic acids is 1. The number of aryl methyl sites for hydroxylation is 1. The Labute approximate surface area is 173 Å². The van der Waals surface area contributed by atoms with Gasteiger partial charge in [-0.05, 0) is 43.8 Å². The number of rotatable bonds is 7. The molecule has 2 aromatic carbocycles. The zero-order valence-electron chi connectivity index (χ0n) is 16.3. The summed E-state index contributed by atoms with van der Waals surface area (Å²) >= 11 is 0. The summed E-state index contributed by atoms with van der Waals surface area (Å²) in [6.07, 6.45) is 0. The number of anilines is 3. The van der Waals surface area contributed by atoms with Crippen LogP contribution in [-0.2, 0) is 21.4 Å². The molecule has 0 fully saturated rings. The fraction of sp³-hybridized carbons (Fsp3) is 0.158. The summed E-state index contributed by atoms with van der Waals surface area (Å²) in [6, 6.07) is 13.1. The molecule has 0 amide bonds. The Kier molecular flexibility index (Phi) is 6.23. The summed E-state index contributed by atoms with van der Waals surface area (Å²) in [7, 11) is -2.40. The average Bonchev–Trinajstić information content (AvgIpc) is 2.73. The van der Waals surface area contributed by atoms with Gasteiger partial charge < -0.3 is 15.8 Å². The van der Waals surface area contributed by atoms with E-state index in [0.717, 1.165) is 11.3 Å². The van der Waals surface area contributed by atoms with E-state index in [1.807, 2.05) is 31.2 Å². The number of benzene rings is 2. The van der Waals surface area contributed by atoms with Crippen LogP contribution in [-0.4, -0.2) is 36.4 Å². The number of nitrogens with two attached hydrogens (primary N) is 1. The van der Waals surface area contributed by atoms with Crippen molar-refractivity contribution in [3.63, 3.8) is 0 Å². The molecule has 11 heteroatoms. The molecule has 1 aromatic heterocycles. The molecule has 3 rings (SSSR count). The van der Waals surface area contributed by atoms with E-state index in [1.165, 1.54) is 31.3 Å². The number of hydrogen-bond acceptors (Lipinski definition) is 9. The minimum atomic E-state index is -3.68. The standard InChI is InChI=1S/C19H20N6O4S/c1-12-6-3-4-9-15(12)22-19-24-16(23-18(20)25-19)11-29-17(26)13-7-5-8-14(10-13)30(27,28)21-2/h3-10,21H,11H2,1-2H3,(H3,20,22,23,24,25). The van der Waals surface area contributed by atoms with Gasteiger partial charge in [0.1, 0.15) is 0 Å². The van der Waals surface area contributed by atoms with Crippen molar-refractivity contribution >= 4 is 33.6 Å². The number of aromatic nitrogens is 3. The summed E-state index contributed by atoms with van der Waals surface area (Å²) in [5.74, 6) is -0.402. The van der Waals surface area contributed by atoms with Crippen LogP contribution in [0.15, 0.2) is 53.4 Å². The highest BCUT2D eigenvalue weighted by Crippen LogP contribution is 2.18. The molecule has 0 saturated carbocycles. The van der Waals surface area contributed by atoms with E-state index in [9.17, 15) is 13.2 Å². The number of sulfonamides is 1. The van der Waals surface area contributed by atoms with Gasteiger partial charge in [-0.1, -0.05) is 24.3 Å². The van der Waals surface area contributed by atoms with Crippen LogP contribution < -0.4 is 15.8 Å². The summed E-state index contributed by atoms with van der Waals surface area (Å²) in [4.78, 5) is 24.5. The number of carbonyl (C=O) groups is 1. The molecule has 0 radical (unpaired) electrons. The van der Waals surface area contributed by atoms with Gasteiger partial charge >= 0.3 is 5.97 Å². The Balaban J connectivity index is 1.73. The second-order valence-corrected chi connectivity index (χ2v) is 8.07. The van der Waals surface area contributed by atoms with Gasteiger partial charge in [-0.15, -0.1) is 0 Å². The van der Waals surface area contributed by atoms with Crippen molar-refractivity contribution in [1.82, 2.24) is 19.7 Å². The number of para-hydroxylation sites is 1. The van der Waals surface area contributed by atoms with Gasteiger partial charge in [-0.25, -0.2) is 17.9 Å². The Morgan fingerprint density at radius 1 is 1.10 bits per heavy atom. The predicted molar refractivity (Wildman–Crippen MR) is 111 cm³/mol. The maximum absolute atomic E-state index is 12.3. The Hall–Kier alpha value is -3.57. The van der Waals surface area contributed by atoms with Crippen LogP contribution in [0.2, 0.25) is 0 Å². The first-order valence-electron chi connectivity index (χ1n) is 8.82. The third kappa shape index (κ3) is 5.07. The first kappa shape index (κ1) is 21.1. The molecular weight excluding hydrogens is 408 g/mol. The monoisotopic (exact) mass is 428 g/mol. The number of ether oxygens (including phenoxy) is 1. The highest BCUT2D eigenvalue weighted by molar-refractivity contribution is 7.89. The smallest absolute Gasteiger partial charge is 0.338 e. The SMILES string of the molecule is CNS(=O)(=O)c1cccc(C(=O)OCc2nc(N)nc(Nc3ccccc3C)n2)c1. The lowest BCUT2D eigenvalue weighted by Crippen LogP contribution is -2.19. The van der Waals surface area contributed by atoms with Gasteiger partial charge in [0, 0.05) is 5.69 Å². The van der Waals surface area contributed by atoms with Crippen LogP contribution in [0.3, 0.4) is 0 Å². The molecule has 0 aliphatic rings. The Morgan fingerprint density at radius 2 is 1.87 bits per heavy atom. The molecule has 10 nitrogen and oxygen atoms in total. The van der Waals surface area contributed by atoms with Gasteiger partial charge in [0.15, 0.2) is 12.4 Å². The molecule has 0 aliphatic carbocycles. The van der Waals surface area contributed by atoms with E-state index in [2.05, 4.69) is 25.0 Å². The van der Waals surface area contributed by atoms with Crippen molar-refractivity contribution in [1.29, 1.82) is 0 Å². The molecule has 0 bridgehead atoms. The molecule has 0 unspecified atom stereocenters. The highest BCUT2D eigenvalue weighted by Gasteiger charge is 2.16.